The van der Waals surface area contributed by atoms with Crippen molar-refractivity contribution in [2.75, 3.05) is 7.11 Å². The molecule has 8 nitrogen and oxygen atoms in total. The van der Waals surface area contributed by atoms with Gasteiger partial charge in [0, 0.05) is 61.8 Å². The zero-order valence-corrected chi connectivity index (χ0v) is 36.9. The topological polar surface area (TPSA) is 86.7 Å². The third-order valence-corrected chi connectivity index (χ3v) is 14.7. The molecule has 4 aliphatic carbocycles. The number of halogens is 2. The van der Waals surface area contributed by atoms with E-state index in [1.165, 1.54) is 20.0 Å². The van der Waals surface area contributed by atoms with Gasteiger partial charge in [-0.05, 0) is 112 Å². The Labute approximate surface area is 351 Å². The number of ether oxygens (including phenoxy) is 3. The Morgan fingerprint density at radius 2 is 1.29 bits per heavy atom. The molecule has 0 bridgehead atoms. The van der Waals surface area contributed by atoms with E-state index in [1.54, 1.807) is 0 Å². The van der Waals surface area contributed by atoms with Crippen LogP contribution in [-0.2, 0) is 41.7 Å². The normalized spacial score (nSPS) is 31.2. The lowest BCUT2D eigenvalue weighted by Crippen LogP contribution is -3.00. The summed E-state index contributed by atoms with van der Waals surface area (Å²) in [5.41, 5.74) is 0.0351. The van der Waals surface area contributed by atoms with Crippen LogP contribution in [0.25, 0.3) is 0 Å². The Morgan fingerprint density at radius 3 is 1.89 bits per heavy atom. The van der Waals surface area contributed by atoms with Crippen molar-refractivity contribution in [3.05, 3.63) is 61.2 Å². The van der Waals surface area contributed by atoms with E-state index in [9.17, 15) is 14.4 Å². The first-order valence-corrected chi connectivity index (χ1v) is 21.0. The molecule has 55 heavy (non-hydrogen) atoms. The number of fused-ring (bicyclic) bond motifs is 5. The van der Waals surface area contributed by atoms with Gasteiger partial charge in [0.25, 0.3) is 0 Å². The van der Waals surface area contributed by atoms with Gasteiger partial charge in [-0.3, -0.25) is 14.4 Å². The first kappa shape index (κ1) is 45.4. The summed E-state index contributed by atoms with van der Waals surface area (Å²) >= 11 is 0. The lowest BCUT2D eigenvalue weighted by molar-refractivity contribution is -0.697. The van der Waals surface area contributed by atoms with Crippen molar-refractivity contribution in [3.8, 4) is 0 Å². The molecule has 306 valence electrons. The number of hydrogen-bond donors (Lipinski definition) is 0. The molecule has 0 spiro atoms. The molecule has 10 atom stereocenters. The van der Waals surface area contributed by atoms with Gasteiger partial charge in [0.05, 0.1) is 7.11 Å². The van der Waals surface area contributed by atoms with E-state index >= 15 is 0 Å². The molecule has 2 heterocycles. The molecule has 0 N–H and O–H groups in total. The maximum absolute atomic E-state index is 13.7. The third kappa shape index (κ3) is 10.8. The summed E-state index contributed by atoms with van der Waals surface area (Å²) in [6, 6.07) is 12.2. The summed E-state index contributed by atoms with van der Waals surface area (Å²) in [5, 5.41) is 0. The van der Waals surface area contributed by atoms with Crippen LogP contribution in [-0.4, -0.2) is 37.2 Å². The smallest absolute Gasteiger partial charge is 0.306 e. The van der Waals surface area contributed by atoms with Crippen LogP contribution < -0.4 is 43.1 Å². The Kier molecular flexibility index (Phi) is 17.2. The van der Waals surface area contributed by atoms with Crippen LogP contribution in [0.2, 0.25) is 0 Å². The average Bonchev–Trinajstić information content (AvgIpc) is 3.53. The maximum atomic E-state index is 13.7. The molecule has 0 aliphatic heterocycles. The standard InChI is InChI=1S/C45H66N2O6.2BrH/c1-33(17-22-41(48)51-4)37-20-21-38-36-19-18-34-31-35(52-42(49)15-7-13-29-46-25-9-5-10-26-46)23-24-44(34,2)39(36)32-40(45(37,38)3)53-43(50)16-8-14-30-47-27-11-6-12-28-47;;/h5-6,9-12,25-28,33-40H,7-8,13-24,29-32H2,1-4H3;2*1H/q+2;;/p-2/t33-,34-,35-,36+,37-,38+,39+,40+,44+,45-;;/m1../s1. The number of methoxy groups -OCH3 is 1. The predicted molar refractivity (Wildman–Crippen MR) is 202 cm³/mol. The summed E-state index contributed by atoms with van der Waals surface area (Å²) in [4.78, 5) is 38.8. The fourth-order valence-corrected chi connectivity index (χ4v) is 11.8. The average molecular weight is 891 g/mol. The van der Waals surface area contributed by atoms with Crippen LogP contribution in [0.4, 0.5) is 0 Å². The van der Waals surface area contributed by atoms with Gasteiger partial charge in [-0.15, -0.1) is 0 Å². The number of aromatic nitrogens is 2. The lowest BCUT2D eigenvalue weighted by atomic mass is 9.43. The SMILES string of the molecule is COC(=O)CC[C@@H](C)[C@H]1CC[C@H]2[C@@H]3CC[C@@H]4C[C@H](OC(=O)CCCC[n+]5ccccc5)CC[C@]4(C)[C@H]3C[C@H](OC(=O)CCCC[n+]3ccccc3)[C@]12C.[Br-].[Br-]. The molecule has 0 radical (unpaired) electrons. The molecule has 4 aliphatic rings. The molecule has 0 unspecified atom stereocenters. The molecule has 6 rings (SSSR count). The number of aryl methyl sites for hydroxylation is 2. The second kappa shape index (κ2) is 20.9. The van der Waals surface area contributed by atoms with Gasteiger partial charge in [-0.25, -0.2) is 9.13 Å². The second-order valence-corrected chi connectivity index (χ2v) is 17.5. The van der Waals surface area contributed by atoms with Gasteiger partial charge >= 0.3 is 17.9 Å². The van der Waals surface area contributed by atoms with Crippen molar-refractivity contribution in [2.24, 2.45) is 46.3 Å². The van der Waals surface area contributed by atoms with Gasteiger partial charge in [-0.2, -0.15) is 0 Å². The number of carbonyl (C=O) groups excluding carboxylic acids is 3. The Hall–Kier alpha value is -2.33. The highest BCUT2D eigenvalue weighted by Gasteiger charge is 2.65. The first-order chi connectivity index (χ1) is 25.6. The molecule has 0 saturated heterocycles. The lowest BCUT2D eigenvalue weighted by Gasteiger charge is -2.62. The highest BCUT2D eigenvalue weighted by Crippen LogP contribution is 2.69. The minimum atomic E-state index is -0.147. The predicted octanol–water partition coefficient (Wildman–Crippen LogP) is 1.99. The number of esters is 3. The summed E-state index contributed by atoms with van der Waals surface area (Å²) in [5.74, 6) is 2.60. The fraction of sp³-hybridized carbons (Fsp3) is 0.711. The zero-order valence-electron chi connectivity index (χ0n) is 33.7. The van der Waals surface area contributed by atoms with Crippen molar-refractivity contribution < 1.29 is 71.7 Å². The summed E-state index contributed by atoms with van der Waals surface area (Å²) in [6.45, 7) is 9.06. The maximum Gasteiger partial charge on any atom is 0.306 e. The molecule has 0 amide bonds. The van der Waals surface area contributed by atoms with Crippen LogP contribution in [0.5, 0.6) is 0 Å². The Morgan fingerprint density at radius 1 is 0.691 bits per heavy atom. The minimum Gasteiger partial charge on any atom is -1.00 e. The molecular weight excluding hydrogens is 824 g/mol. The largest absolute Gasteiger partial charge is 1.00 e. The third-order valence-electron chi connectivity index (χ3n) is 14.7. The van der Waals surface area contributed by atoms with Crippen molar-refractivity contribution in [1.82, 2.24) is 0 Å². The van der Waals surface area contributed by atoms with Crippen molar-refractivity contribution in [1.29, 1.82) is 0 Å². The van der Waals surface area contributed by atoms with E-state index in [0.717, 1.165) is 83.7 Å². The molecule has 2 aromatic heterocycles. The summed E-state index contributed by atoms with van der Waals surface area (Å²) < 4.78 is 22.2. The van der Waals surface area contributed by atoms with Gasteiger partial charge in [0.1, 0.15) is 25.3 Å². The number of hydrogen-bond acceptors (Lipinski definition) is 6. The monoisotopic (exact) mass is 888 g/mol. The van der Waals surface area contributed by atoms with Crippen molar-refractivity contribution in [3.63, 3.8) is 0 Å². The van der Waals surface area contributed by atoms with Gasteiger partial charge in [0.15, 0.2) is 24.8 Å². The first-order valence-electron chi connectivity index (χ1n) is 21.0. The highest BCUT2D eigenvalue weighted by atomic mass is 79.9. The highest BCUT2D eigenvalue weighted by molar-refractivity contribution is 5.70. The molecule has 2 aromatic rings. The Bertz CT molecular complexity index is 1520. The van der Waals surface area contributed by atoms with E-state index in [1.807, 2.05) is 36.4 Å². The number of pyridine rings is 2. The number of rotatable bonds is 16. The van der Waals surface area contributed by atoms with E-state index < -0.39 is 0 Å². The fourth-order valence-electron chi connectivity index (χ4n) is 11.8. The number of carbonyl (C=O) groups is 3. The van der Waals surface area contributed by atoms with Crippen LogP contribution >= 0.6 is 0 Å². The van der Waals surface area contributed by atoms with Crippen LogP contribution in [0.3, 0.4) is 0 Å². The zero-order chi connectivity index (χ0) is 37.4. The van der Waals surface area contributed by atoms with Crippen LogP contribution in [0, 0.1) is 46.3 Å². The van der Waals surface area contributed by atoms with Crippen molar-refractivity contribution in [2.45, 2.75) is 149 Å². The molecule has 4 saturated carbocycles. The van der Waals surface area contributed by atoms with E-state index in [-0.39, 0.29) is 74.9 Å². The van der Waals surface area contributed by atoms with Gasteiger partial charge < -0.3 is 48.2 Å². The molecule has 4 fully saturated rings. The van der Waals surface area contributed by atoms with Crippen LogP contribution in [0.15, 0.2) is 61.2 Å². The molecule has 0 aromatic carbocycles. The molecule has 10 heteroatoms. The van der Waals surface area contributed by atoms with E-state index in [4.69, 9.17) is 14.2 Å². The second-order valence-electron chi connectivity index (χ2n) is 17.5. The Balaban J connectivity index is 0.00000336. The van der Waals surface area contributed by atoms with Gasteiger partial charge in [0.2, 0.25) is 0 Å². The number of unbranched alkanes of at least 4 members (excludes halogenated alkanes) is 2. The van der Waals surface area contributed by atoms with E-state index in [0.29, 0.717) is 54.8 Å². The van der Waals surface area contributed by atoms with Crippen LogP contribution in [0.1, 0.15) is 124 Å². The van der Waals surface area contributed by atoms with Crippen molar-refractivity contribution >= 4 is 17.9 Å². The minimum absolute atomic E-state index is 0. The molecular formula is C45H66Br2N2O6. The summed E-state index contributed by atoms with van der Waals surface area (Å²) in [7, 11) is 1.47. The van der Waals surface area contributed by atoms with Gasteiger partial charge in [-0.1, -0.05) is 32.9 Å². The number of nitrogens with zero attached hydrogens (tertiary/aromatic N) is 2. The van der Waals surface area contributed by atoms with E-state index in [2.05, 4.69) is 54.7 Å². The summed E-state index contributed by atoms with van der Waals surface area (Å²) in [6.07, 6.45) is 22.4. The quantitative estimate of drug-likeness (QED) is 0.111.